The third kappa shape index (κ3) is 5.64. The summed E-state index contributed by atoms with van der Waals surface area (Å²) in [4.78, 5) is 22.9. The van der Waals surface area contributed by atoms with Crippen LogP contribution < -0.4 is 5.73 Å². The van der Waals surface area contributed by atoms with Gasteiger partial charge in [0.15, 0.2) is 0 Å². The summed E-state index contributed by atoms with van der Waals surface area (Å²) in [6.07, 6.45) is 0.0367. The Balaban J connectivity index is 4.43. The maximum absolute atomic E-state index is 10.9. The number of aliphatic hydroxyl groups excluding tert-OH is 2. The van der Waals surface area contributed by atoms with Crippen LogP contribution in [0.1, 0.15) is 12.8 Å². The molecule has 0 fully saturated rings. The summed E-state index contributed by atoms with van der Waals surface area (Å²) in [5, 5.41) is 26.5. The van der Waals surface area contributed by atoms with Crippen LogP contribution in [0.2, 0.25) is 0 Å². The molecule has 5 N–H and O–H groups in total. The van der Waals surface area contributed by atoms with Crippen LogP contribution in [-0.2, 0) is 9.59 Å². The molecular weight excluding hydrogens is 216 g/mol. The van der Waals surface area contributed by atoms with Crippen molar-refractivity contribution in [3.63, 3.8) is 0 Å². The van der Waals surface area contributed by atoms with Crippen LogP contribution in [0.4, 0.5) is 0 Å². The number of nitrogens with two attached hydrogens (primary N) is 1. The van der Waals surface area contributed by atoms with Crippen molar-refractivity contribution in [1.82, 2.24) is 4.90 Å². The zero-order valence-electron chi connectivity index (χ0n) is 9.00. The molecule has 0 radical (unpaired) electrons. The highest BCUT2D eigenvalue weighted by molar-refractivity contribution is 5.77. The molecule has 0 aliphatic rings. The summed E-state index contributed by atoms with van der Waals surface area (Å²) in [7, 11) is 0. The highest BCUT2D eigenvalue weighted by Gasteiger charge is 2.24. The molecule has 94 valence electrons. The Kier molecular flexibility index (Phi) is 7.44. The molecule has 0 heterocycles. The molecule has 0 saturated carbocycles. The number of hydrogen-bond acceptors (Lipinski definition) is 5. The first-order chi connectivity index (χ1) is 7.52. The number of carboxylic acid groups (broad SMARTS) is 1. The van der Waals surface area contributed by atoms with E-state index in [1.807, 2.05) is 0 Å². The van der Waals surface area contributed by atoms with Gasteiger partial charge in [-0.15, -0.1) is 0 Å². The number of carbonyl (C=O) groups excluding carboxylic acids is 1. The minimum Gasteiger partial charge on any atom is -0.480 e. The van der Waals surface area contributed by atoms with E-state index >= 15 is 0 Å². The van der Waals surface area contributed by atoms with Gasteiger partial charge >= 0.3 is 5.97 Å². The van der Waals surface area contributed by atoms with Gasteiger partial charge in [0.1, 0.15) is 6.04 Å². The molecule has 0 aromatic carbocycles. The van der Waals surface area contributed by atoms with Gasteiger partial charge < -0.3 is 21.1 Å². The molecule has 0 aliphatic heterocycles. The Morgan fingerprint density at radius 1 is 1.19 bits per heavy atom. The lowest BCUT2D eigenvalue weighted by atomic mass is 10.1. The largest absolute Gasteiger partial charge is 0.480 e. The Bertz CT molecular complexity index is 228. The highest BCUT2D eigenvalue weighted by atomic mass is 16.4. The van der Waals surface area contributed by atoms with E-state index in [0.717, 1.165) is 0 Å². The number of primary amides is 1. The van der Waals surface area contributed by atoms with Crippen molar-refractivity contribution >= 4 is 11.9 Å². The first kappa shape index (κ1) is 14.8. The van der Waals surface area contributed by atoms with E-state index in [-0.39, 0.29) is 39.1 Å². The number of nitrogens with zero attached hydrogens (tertiary/aromatic N) is 1. The summed E-state index contributed by atoms with van der Waals surface area (Å²) < 4.78 is 0. The Morgan fingerprint density at radius 2 is 1.69 bits per heavy atom. The van der Waals surface area contributed by atoms with Crippen LogP contribution in [-0.4, -0.2) is 64.4 Å². The smallest absolute Gasteiger partial charge is 0.320 e. The fourth-order valence-electron chi connectivity index (χ4n) is 1.42. The quantitative estimate of drug-likeness (QED) is 0.365. The van der Waals surface area contributed by atoms with Crippen LogP contribution in [0.5, 0.6) is 0 Å². The predicted octanol–water partition coefficient (Wildman–Crippen LogP) is -2.01. The van der Waals surface area contributed by atoms with Gasteiger partial charge in [-0.2, -0.15) is 0 Å². The van der Waals surface area contributed by atoms with E-state index in [9.17, 15) is 9.59 Å². The van der Waals surface area contributed by atoms with Gasteiger partial charge in [-0.25, -0.2) is 0 Å². The lowest BCUT2D eigenvalue weighted by Crippen LogP contribution is -2.44. The number of carboxylic acids is 1. The van der Waals surface area contributed by atoms with E-state index in [0.29, 0.717) is 0 Å². The molecule has 0 spiro atoms. The average Bonchev–Trinajstić information content (AvgIpc) is 2.17. The van der Waals surface area contributed by atoms with Gasteiger partial charge in [0, 0.05) is 19.5 Å². The molecule has 0 aliphatic carbocycles. The maximum atomic E-state index is 10.9. The van der Waals surface area contributed by atoms with Crippen LogP contribution in [0.15, 0.2) is 0 Å². The zero-order chi connectivity index (χ0) is 12.6. The van der Waals surface area contributed by atoms with Gasteiger partial charge in [0.05, 0.1) is 13.2 Å². The highest BCUT2D eigenvalue weighted by Crippen LogP contribution is 2.07. The SMILES string of the molecule is NC(=O)CCC(C(=O)O)N(CCO)CCO. The van der Waals surface area contributed by atoms with Gasteiger partial charge in [0.2, 0.25) is 5.91 Å². The minimum atomic E-state index is -1.09. The number of aliphatic carboxylic acids is 1. The number of hydrogen-bond donors (Lipinski definition) is 4. The summed E-state index contributed by atoms with van der Waals surface area (Å²) in [6.45, 7) is -0.146. The first-order valence-electron chi connectivity index (χ1n) is 4.99. The Labute approximate surface area is 93.5 Å². The molecule has 7 nitrogen and oxygen atoms in total. The van der Waals surface area contributed by atoms with E-state index in [1.165, 1.54) is 4.90 Å². The standard InChI is InChI=1S/C9H18N2O5/c10-8(14)2-1-7(9(15)16)11(3-5-12)4-6-13/h7,12-13H,1-6H2,(H2,10,14)(H,15,16). The fraction of sp³-hybridized carbons (Fsp3) is 0.778. The van der Waals surface area contributed by atoms with Crippen LogP contribution in [0.3, 0.4) is 0 Å². The molecule has 7 heteroatoms. The normalized spacial score (nSPS) is 12.7. The van der Waals surface area contributed by atoms with Crippen LogP contribution >= 0.6 is 0 Å². The molecule has 1 atom stereocenters. The van der Waals surface area contributed by atoms with Gasteiger partial charge in [-0.1, -0.05) is 0 Å². The van der Waals surface area contributed by atoms with Crippen molar-refractivity contribution in [2.24, 2.45) is 5.73 Å². The summed E-state index contributed by atoms with van der Waals surface area (Å²) >= 11 is 0. The van der Waals surface area contributed by atoms with Crippen LogP contribution in [0.25, 0.3) is 0 Å². The number of aliphatic hydroxyl groups is 2. The van der Waals surface area contributed by atoms with E-state index < -0.39 is 17.9 Å². The molecule has 0 bridgehead atoms. The van der Waals surface area contributed by atoms with Gasteiger partial charge in [-0.05, 0) is 6.42 Å². The molecular formula is C9H18N2O5. The van der Waals surface area contributed by atoms with E-state index in [2.05, 4.69) is 0 Å². The summed E-state index contributed by atoms with van der Waals surface area (Å²) in [5.74, 6) is -1.66. The molecule has 0 saturated heterocycles. The third-order valence-electron chi connectivity index (χ3n) is 2.16. The molecule has 1 unspecified atom stereocenters. The van der Waals surface area contributed by atoms with Gasteiger partial charge in [-0.3, -0.25) is 14.5 Å². The second-order valence-electron chi connectivity index (χ2n) is 3.34. The minimum absolute atomic E-state index is 0.0374. The molecule has 16 heavy (non-hydrogen) atoms. The van der Waals surface area contributed by atoms with E-state index in [1.54, 1.807) is 0 Å². The molecule has 0 aromatic heterocycles. The summed E-state index contributed by atoms with van der Waals surface area (Å²) in [6, 6.07) is -0.910. The lowest BCUT2D eigenvalue weighted by Gasteiger charge is -2.27. The number of rotatable bonds is 9. The monoisotopic (exact) mass is 234 g/mol. The fourth-order valence-corrected chi connectivity index (χ4v) is 1.42. The predicted molar refractivity (Wildman–Crippen MR) is 55.6 cm³/mol. The Morgan fingerprint density at radius 3 is 2.00 bits per heavy atom. The van der Waals surface area contributed by atoms with Crippen molar-refractivity contribution in [3.05, 3.63) is 0 Å². The van der Waals surface area contributed by atoms with E-state index in [4.69, 9.17) is 21.1 Å². The average molecular weight is 234 g/mol. The van der Waals surface area contributed by atoms with Crippen molar-refractivity contribution in [1.29, 1.82) is 0 Å². The number of amides is 1. The second-order valence-corrected chi connectivity index (χ2v) is 3.34. The lowest BCUT2D eigenvalue weighted by molar-refractivity contribution is -0.144. The molecule has 1 amide bonds. The second kappa shape index (κ2) is 8.03. The third-order valence-corrected chi connectivity index (χ3v) is 2.16. The molecule has 0 rings (SSSR count). The first-order valence-corrected chi connectivity index (χ1v) is 4.99. The van der Waals surface area contributed by atoms with Crippen molar-refractivity contribution in [2.45, 2.75) is 18.9 Å². The molecule has 0 aromatic rings. The van der Waals surface area contributed by atoms with Gasteiger partial charge in [0.25, 0.3) is 0 Å². The van der Waals surface area contributed by atoms with Crippen molar-refractivity contribution < 1.29 is 24.9 Å². The number of carbonyl (C=O) groups is 2. The summed E-state index contributed by atoms with van der Waals surface area (Å²) in [5.41, 5.74) is 4.94. The van der Waals surface area contributed by atoms with Crippen LogP contribution in [0, 0.1) is 0 Å². The zero-order valence-corrected chi connectivity index (χ0v) is 9.00. The van der Waals surface area contributed by atoms with Crippen molar-refractivity contribution in [2.75, 3.05) is 26.3 Å². The van der Waals surface area contributed by atoms with Crippen molar-refractivity contribution in [3.8, 4) is 0 Å². The topological polar surface area (TPSA) is 124 Å². The maximum Gasteiger partial charge on any atom is 0.320 e. The Hall–Kier alpha value is -1.18.